The van der Waals surface area contributed by atoms with Gasteiger partial charge in [-0.2, -0.15) is 0 Å². The third kappa shape index (κ3) is 4.02. The van der Waals surface area contributed by atoms with Gasteiger partial charge in [-0.3, -0.25) is 4.79 Å². The van der Waals surface area contributed by atoms with Crippen molar-refractivity contribution in [3.63, 3.8) is 0 Å². The highest BCUT2D eigenvalue weighted by Crippen LogP contribution is 2.36. The highest BCUT2D eigenvalue weighted by atomic mass is 32.1. The van der Waals surface area contributed by atoms with Crippen molar-refractivity contribution in [2.24, 2.45) is 0 Å². The summed E-state index contributed by atoms with van der Waals surface area (Å²) in [6.45, 7) is 4.99. The second kappa shape index (κ2) is 8.79. The molecular weight excluding hydrogens is 420 g/mol. The van der Waals surface area contributed by atoms with Crippen LogP contribution in [0.1, 0.15) is 41.3 Å². The Bertz CT molecular complexity index is 1340. The Labute approximate surface area is 191 Å². The van der Waals surface area contributed by atoms with Crippen LogP contribution in [-0.4, -0.2) is 16.6 Å². The Morgan fingerprint density at radius 2 is 1.94 bits per heavy atom. The molecule has 164 valence electrons. The molecule has 0 fully saturated rings. The summed E-state index contributed by atoms with van der Waals surface area (Å²) in [7, 11) is 0. The van der Waals surface area contributed by atoms with Gasteiger partial charge in [0.15, 0.2) is 11.5 Å². The van der Waals surface area contributed by atoms with E-state index in [1.165, 1.54) is 22.4 Å². The number of fused-ring (bicyclic) bond motifs is 3. The molecule has 0 spiro atoms. The minimum Gasteiger partial charge on any atom is -0.490 e. The fraction of sp³-hybridized carbons (Fsp3) is 0.308. The molecule has 2 aromatic carbocycles. The third-order valence-electron chi connectivity index (χ3n) is 5.82. The minimum atomic E-state index is -0.0536. The molecule has 1 aliphatic carbocycles. The standard InChI is InChI=1S/C26H26N2O3S/c1-3-30-21-14-18(11-12-20(21)31-15-17-8-6-7-16(2)13-17)24-27-25(29)23-19-9-4-5-10-22(19)32-26(23)28-24/h6-8,11-14H,3-5,9-10,15H2,1-2H3,(H,27,28,29). The zero-order valence-electron chi connectivity index (χ0n) is 18.4. The van der Waals surface area contributed by atoms with E-state index in [0.29, 0.717) is 30.5 Å². The van der Waals surface area contributed by atoms with Gasteiger partial charge >= 0.3 is 0 Å². The van der Waals surface area contributed by atoms with Crippen LogP contribution in [0.4, 0.5) is 0 Å². The first-order chi connectivity index (χ1) is 15.6. The largest absolute Gasteiger partial charge is 0.490 e. The molecule has 0 aliphatic heterocycles. The normalized spacial score (nSPS) is 13.2. The lowest BCUT2D eigenvalue weighted by Gasteiger charge is -2.14. The summed E-state index contributed by atoms with van der Waals surface area (Å²) in [5.74, 6) is 1.88. The van der Waals surface area contributed by atoms with Crippen LogP contribution in [0.2, 0.25) is 0 Å². The van der Waals surface area contributed by atoms with E-state index in [1.807, 2.05) is 37.3 Å². The molecular formula is C26H26N2O3S. The van der Waals surface area contributed by atoms with Crippen molar-refractivity contribution in [3.05, 3.63) is 74.4 Å². The number of aromatic amines is 1. The summed E-state index contributed by atoms with van der Waals surface area (Å²) >= 11 is 1.66. The highest BCUT2D eigenvalue weighted by Gasteiger charge is 2.20. The Morgan fingerprint density at radius 3 is 2.78 bits per heavy atom. The Balaban J connectivity index is 1.47. The number of thiophene rings is 1. The van der Waals surface area contributed by atoms with E-state index in [1.54, 1.807) is 11.3 Å². The molecule has 0 radical (unpaired) electrons. The molecule has 1 N–H and O–H groups in total. The van der Waals surface area contributed by atoms with Gasteiger partial charge in [-0.15, -0.1) is 11.3 Å². The highest BCUT2D eigenvalue weighted by molar-refractivity contribution is 7.18. The predicted molar refractivity (Wildman–Crippen MR) is 129 cm³/mol. The van der Waals surface area contributed by atoms with Crippen molar-refractivity contribution < 1.29 is 9.47 Å². The van der Waals surface area contributed by atoms with Gasteiger partial charge in [0.2, 0.25) is 0 Å². The first-order valence-electron chi connectivity index (χ1n) is 11.1. The molecule has 5 rings (SSSR count). The molecule has 4 aromatic rings. The zero-order chi connectivity index (χ0) is 22.1. The molecule has 0 saturated carbocycles. The molecule has 2 heterocycles. The number of ether oxygens (including phenoxy) is 2. The van der Waals surface area contributed by atoms with Crippen LogP contribution in [0.25, 0.3) is 21.6 Å². The van der Waals surface area contributed by atoms with Gasteiger partial charge < -0.3 is 14.5 Å². The number of hydrogen-bond acceptors (Lipinski definition) is 5. The second-order valence-corrected chi connectivity index (χ2v) is 9.26. The number of benzene rings is 2. The average Bonchev–Trinajstić information content (AvgIpc) is 3.17. The van der Waals surface area contributed by atoms with E-state index in [4.69, 9.17) is 14.5 Å². The van der Waals surface area contributed by atoms with Gasteiger partial charge in [-0.25, -0.2) is 4.98 Å². The lowest BCUT2D eigenvalue weighted by Crippen LogP contribution is -2.11. The van der Waals surface area contributed by atoms with Crippen LogP contribution < -0.4 is 15.0 Å². The van der Waals surface area contributed by atoms with Gasteiger partial charge in [-0.05, 0) is 68.9 Å². The van der Waals surface area contributed by atoms with Gasteiger partial charge in [0.1, 0.15) is 17.3 Å². The molecule has 0 unspecified atom stereocenters. The first-order valence-corrected chi connectivity index (χ1v) is 11.9. The lowest BCUT2D eigenvalue weighted by molar-refractivity contribution is 0.269. The van der Waals surface area contributed by atoms with Gasteiger partial charge in [0.25, 0.3) is 5.56 Å². The maximum atomic E-state index is 12.9. The molecule has 0 saturated heterocycles. The maximum Gasteiger partial charge on any atom is 0.260 e. The summed E-state index contributed by atoms with van der Waals surface area (Å²) < 4.78 is 11.9. The van der Waals surface area contributed by atoms with Crippen molar-refractivity contribution in [1.29, 1.82) is 0 Å². The van der Waals surface area contributed by atoms with E-state index in [0.717, 1.165) is 40.6 Å². The van der Waals surface area contributed by atoms with Gasteiger partial charge in [-0.1, -0.05) is 29.8 Å². The van der Waals surface area contributed by atoms with Crippen molar-refractivity contribution >= 4 is 21.6 Å². The number of H-pyrrole nitrogens is 1. The van der Waals surface area contributed by atoms with Crippen molar-refractivity contribution in [1.82, 2.24) is 9.97 Å². The van der Waals surface area contributed by atoms with Crippen molar-refractivity contribution in [2.75, 3.05) is 6.61 Å². The fourth-order valence-electron chi connectivity index (χ4n) is 4.31. The van der Waals surface area contributed by atoms with Crippen molar-refractivity contribution in [3.8, 4) is 22.9 Å². The number of nitrogens with one attached hydrogen (secondary N) is 1. The molecule has 0 bridgehead atoms. The topological polar surface area (TPSA) is 64.2 Å². The third-order valence-corrected chi connectivity index (χ3v) is 7.00. The van der Waals surface area contributed by atoms with Gasteiger partial charge in [0.05, 0.1) is 12.0 Å². The minimum absolute atomic E-state index is 0.0536. The predicted octanol–water partition coefficient (Wildman–Crippen LogP) is 5.82. The quantitative estimate of drug-likeness (QED) is 0.406. The van der Waals surface area contributed by atoms with E-state index < -0.39 is 0 Å². The number of nitrogens with zero attached hydrogens (tertiary/aromatic N) is 1. The molecule has 5 nitrogen and oxygen atoms in total. The number of hydrogen-bond donors (Lipinski definition) is 1. The Kier molecular flexibility index (Phi) is 5.70. The summed E-state index contributed by atoms with van der Waals surface area (Å²) in [6, 6.07) is 14.0. The molecule has 0 atom stereocenters. The van der Waals surface area contributed by atoms with Crippen LogP contribution in [0, 0.1) is 6.92 Å². The smallest absolute Gasteiger partial charge is 0.260 e. The van der Waals surface area contributed by atoms with E-state index in [-0.39, 0.29) is 5.56 Å². The van der Waals surface area contributed by atoms with Crippen LogP contribution >= 0.6 is 11.3 Å². The van der Waals surface area contributed by atoms with Crippen LogP contribution in [0.15, 0.2) is 47.3 Å². The van der Waals surface area contributed by atoms with E-state index in [2.05, 4.69) is 24.0 Å². The molecule has 6 heteroatoms. The van der Waals surface area contributed by atoms with Gasteiger partial charge in [0, 0.05) is 10.4 Å². The summed E-state index contributed by atoms with van der Waals surface area (Å²) in [6.07, 6.45) is 4.35. The molecule has 1 aliphatic rings. The summed E-state index contributed by atoms with van der Waals surface area (Å²) in [5.41, 5.74) is 4.26. The van der Waals surface area contributed by atoms with Crippen LogP contribution in [0.5, 0.6) is 11.5 Å². The molecule has 2 aromatic heterocycles. The molecule has 0 amide bonds. The average molecular weight is 447 g/mol. The monoisotopic (exact) mass is 446 g/mol. The van der Waals surface area contributed by atoms with Crippen LogP contribution in [0.3, 0.4) is 0 Å². The maximum absolute atomic E-state index is 12.9. The summed E-state index contributed by atoms with van der Waals surface area (Å²) in [4.78, 5) is 22.9. The van der Waals surface area contributed by atoms with E-state index in [9.17, 15) is 4.79 Å². The zero-order valence-corrected chi connectivity index (χ0v) is 19.2. The fourth-order valence-corrected chi connectivity index (χ4v) is 5.57. The van der Waals surface area contributed by atoms with E-state index >= 15 is 0 Å². The Morgan fingerprint density at radius 1 is 1.06 bits per heavy atom. The Hall–Kier alpha value is -3.12. The second-order valence-electron chi connectivity index (χ2n) is 8.18. The number of aromatic nitrogens is 2. The number of rotatable bonds is 6. The van der Waals surface area contributed by atoms with Crippen LogP contribution in [-0.2, 0) is 19.4 Å². The lowest BCUT2D eigenvalue weighted by atomic mass is 9.97. The first kappa shape index (κ1) is 20.8. The number of aryl methyl sites for hydroxylation is 3. The SMILES string of the molecule is CCOc1cc(-c2nc3sc4c(c3c(=O)[nH]2)CCCC4)ccc1OCc1cccc(C)c1. The summed E-state index contributed by atoms with van der Waals surface area (Å²) in [5, 5.41) is 0.775. The van der Waals surface area contributed by atoms with Crippen molar-refractivity contribution in [2.45, 2.75) is 46.1 Å². The molecule has 32 heavy (non-hydrogen) atoms.